The van der Waals surface area contributed by atoms with Gasteiger partial charge in [0.2, 0.25) is 0 Å². The zero-order valence-corrected chi connectivity index (χ0v) is 16.0. The molecule has 0 radical (unpaired) electrons. The molecule has 2 aromatic carbocycles. The molecule has 0 saturated heterocycles. The Bertz CT molecular complexity index is 774. The van der Waals surface area contributed by atoms with Crippen LogP contribution >= 0.6 is 0 Å². The highest BCUT2D eigenvalue weighted by Gasteiger charge is 2.29. The smallest absolute Gasteiger partial charge is 0.0146 e. The Morgan fingerprint density at radius 1 is 1.04 bits per heavy atom. The Balaban J connectivity index is 2.17. The number of aryl methyl sites for hydroxylation is 1. The molecule has 0 heteroatoms. The summed E-state index contributed by atoms with van der Waals surface area (Å²) in [6, 6.07) is 16.0. The maximum Gasteiger partial charge on any atom is -0.0146 e. The van der Waals surface area contributed by atoms with E-state index in [1.54, 1.807) is 0 Å². The van der Waals surface area contributed by atoms with Crippen LogP contribution in [0.25, 0.3) is 5.57 Å². The monoisotopic (exact) mass is 318 g/mol. The molecule has 2 aromatic rings. The molecular formula is C24H30. The van der Waals surface area contributed by atoms with Crippen LogP contribution in [0.3, 0.4) is 0 Å². The van der Waals surface area contributed by atoms with Crippen molar-refractivity contribution >= 4 is 5.57 Å². The fourth-order valence-electron chi connectivity index (χ4n) is 3.90. The van der Waals surface area contributed by atoms with Crippen molar-refractivity contribution in [2.75, 3.05) is 0 Å². The molecule has 0 heterocycles. The summed E-state index contributed by atoms with van der Waals surface area (Å²) in [5, 5.41) is 0. The minimum atomic E-state index is 0.283. The fraction of sp³-hybridized carbons (Fsp3) is 0.417. The molecular weight excluding hydrogens is 288 g/mol. The Labute approximate surface area is 147 Å². The molecule has 0 spiro atoms. The van der Waals surface area contributed by atoms with Gasteiger partial charge in [-0.3, -0.25) is 0 Å². The first-order valence-corrected chi connectivity index (χ1v) is 9.20. The summed E-state index contributed by atoms with van der Waals surface area (Å²) < 4.78 is 0. The van der Waals surface area contributed by atoms with E-state index in [1.807, 2.05) is 0 Å². The zero-order valence-electron chi connectivity index (χ0n) is 16.0. The quantitative estimate of drug-likeness (QED) is 0.573. The highest BCUT2D eigenvalue weighted by molar-refractivity contribution is 5.82. The molecule has 0 amide bonds. The summed E-state index contributed by atoms with van der Waals surface area (Å²) in [7, 11) is 0. The molecule has 0 N–H and O–H groups in total. The maximum absolute atomic E-state index is 2.50. The number of fused-ring (bicyclic) bond motifs is 1. The number of hydrogen-bond acceptors (Lipinski definition) is 0. The van der Waals surface area contributed by atoms with Gasteiger partial charge in [-0.25, -0.2) is 0 Å². The second kappa shape index (κ2) is 6.24. The van der Waals surface area contributed by atoms with Crippen LogP contribution in [0.4, 0.5) is 0 Å². The summed E-state index contributed by atoms with van der Waals surface area (Å²) >= 11 is 0. The van der Waals surface area contributed by atoms with Crippen LogP contribution in [-0.4, -0.2) is 0 Å². The standard InChI is InChI=1S/C24H30/c1-16(2)21-12-11-19(13-17(21)3)23-14-18(4)24(5,6)15-20-9-7-8-10-22(20)23/h7-14,16,18H,15H2,1-6H3. The van der Waals surface area contributed by atoms with Crippen molar-refractivity contribution < 1.29 is 0 Å². The first-order chi connectivity index (χ1) is 11.3. The van der Waals surface area contributed by atoms with Crippen molar-refractivity contribution in [1.82, 2.24) is 0 Å². The van der Waals surface area contributed by atoms with Gasteiger partial charge in [0.05, 0.1) is 0 Å². The highest BCUT2D eigenvalue weighted by Crippen LogP contribution is 2.41. The van der Waals surface area contributed by atoms with Crippen LogP contribution in [-0.2, 0) is 6.42 Å². The summed E-state index contributed by atoms with van der Waals surface area (Å²) in [6.07, 6.45) is 3.63. The molecule has 0 bridgehead atoms. The van der Waals surface area contributed by atoms with E-state index >= 15 is 0 Å². The van der Waals surface area contributed by atoms with Crippen LogP contribution in [0, 0.1) is 18.3 Å². The van der Waals surface area contributed by atoms with E-state index in [1.165, 1.54) is 33.4 Å². The SMILES string of the molecule is Cc1cc(C2=CC(C)C(C)(C)Cc3ccccc32)ccc1C(C)C. The van der Waals surface area contributed by atoms with Crippen LogP contribution in [0.2, 0.25) is 0 Å². The first-order valence-electron chi connectivity index (χ1n) is 9.20. The van der Waals surface area contributed by atoms with Crippen molar-refractivity contribution in [3.8, 4) is 0 Å². The number of hydrogen-bond donors (Lipinski definition) is 0. The van der Waals surface area contributed by atoms with Gasteiger partial charge in [-0.2, -0.15) is 0 Å². The molecule has 3 rings (SSSR count). The van der Waals surface area contributed by atoms with Gasteiger partial charge in [0.15, 0.2) is 0 Å². The molecule has 126 valence electrons. The first kappa shape index (κ1) is 17.0. The molecule has 0 aromatic heterocycles. The minimum absolute atomic E-state index is 0.283. The van der Waals surface area contributed by atoms with Crippen LogP contribution in [0.15, 0.2) is 48.5 Å². The molecule has 24 heavy (non-hydrogen) atoms. The molecule has 0 saturated carbocycles. The summed E-state index contributed by atoms with van der Waals surface area (Å²) in [6.45, 7) is 13.9. The second-order valence-corrected chi connectivity index (χ2v) is 8.42. The van der Waals surface area contributed by atoms with Gasteiger partial charge in [0.25, 0.3) is 0 Å². The molecule has 0 aliphatic heterocycles. The number of rotatable bonds is 2. The van der Waals surface area contributed by atoms with Crippen molar-refractivity contribution in [3.05, 3.63) is 76.4 Å². The lowest BCUT2D eigenvalue weighted by molar-refractivity contribution is 0.278. The third-order valence-electron chi connectivity index (χ3n) is 5.81. The molecule has 1 aliphatic rings. The lowest BCUT2D eigenvalue weighted by atomic mass is 9.76. The lowest BCUT2D eigenvalue weighted by Crippen LogP contribution is -2.22. The van der Waals surface area contributed by atoms with Gasteiger partial charge in [-0.05, 0) is 64.0 Å². The largest absolute Gasteiger partial charge is 0.0727 e. The third-order valence-corrected chi connectivity index (χ3v) is 5.81. The van der Waals surface area contributed by atoms with E-state index < -0.39 is 0 Å². The molecule has 1 unspecified atom stereocenters. The predicted octanol–water partition coefficient (Wildman–Crippen LogP) is 6.77. The van der Waals surface area contributed by atoms with E-state index in [9.17, 15) is 0 Å². The van der Waals surface area contributed by atoms with Gasteiger partial charge in [-0.1, -0.05) is 83.2 Å². The van der Waals surface area contributed by atoms with Gasteiger partial charge in [-0.15, -0.1) is 0 Å². The second-order valence-electron chi connectivity index (χ2n) is 8.42. The molecule has 1 atom stereocenters. The molecule has 0 nitrogen and oxygen atoms in total. The summed E-state index contributed by atoms with van der Waals surface area (Å²) in [4.78, 5) is 0. The lowest BCUT2D eigenvalue weighted by Gasteiger charge is -2.28. The highest BCUT2D eigenvalue weighted by atomic mass is 14.3. The van der Waals surface area contributed by atoms with Crippen molar-refractivity contribution in [3.63, 3.8) is 0 Å². The summed E-state index contributed by atoms with van der Waals surface area (Å²) in [5.41, 5.74) is 8.78. The predicted molar refractivity (Wildman–Crippen MR) is 105 cm³/mol. The van der Waals surface area contributed by atoms with Crippen LogP contribution in [0.5, 0.6) is 0 Å². The minimum Gasteiger partial charge on any atom is -0.0727 e. The number of benzene rings is 2. The average molecular weight is 319 g/mol. The third kappa shape index (κ3) is 3.07. The van der Waals surface area contributed by atoms with Gasteiger partial charge >= 0.3 is 0 Å². The zero-order chi connectivity index (χ0) is 17.5. The maximum atomic E-state index is 2.50. The van der Waals surface area contributed by atoms with E-state index in [4.69, 9.17) is 0 Å². The Morgan fingerprint density at radius 3 is 2.42 bits per heavy atom. The van der Waals surface area contributed by atoms with Crippen molar-refractivity contribution in [1.29, 1.82) is 0 Å². The fourth-order valence-corrected chi connectivity index (χ4v) is 3.90. The number of allylic oxidation sites excluding steroid dienone is 1. The van der Waals surface area contributed by atoms with Crippen molar-refractivity contribution in [2.24, 2.45) is 11.3 Å². The van der Waals surface area contributed by atoms with Gasteiger partial charge in [0, 0.05) is 0 Å². The van der Waals surface area contributed by atoms with E-state index in [0.717, 1.165) is 6.42 Å². The Morgan fingerprint density at radius 2 is 1.75 bits per heavy atom. The molecule has 1 aliphatic carbocycles. The van der Waals surface area contributed by atoms with Crippen LogP contribution < -0.4 is 0 Å². The Hall–Kier alpha value is -1.82. The topological polar surface area (TPSA) is 0 Å². The normalized spacial score (nSPS) is 19.6. The van der Waals surface area contributed by atoms with Crippen LogP contribution in [0.1, 0.15) is 68.4 Å². The van der Waals surface area contributed by atoms with Crippen molar-refractivity contribution in [2.45, 2.75) is 53.9 Å². The average Bonchev–Trinajstić information content (AvgIpc) is 2.61. The van der Waals surface area contributed by atoms with Gasteiger partial charge < -0.3 is 0 Å². The summed E-state index contributed by atoms with van der Waals surface area (Å²) in [5.74, 6) is 1.12. The van der Waals surface area contributed by atoms with Gasteiger partial charge in [0.1, 0.15) is 0 Å². The molecule has 0 fully saturated rings. The Kier molecular flexibility index (Phi) is 4.42. The van der Waals surface area contributed by atoms with E-state index in [2.05, 4.69) is 90.1 Å². The van der Waals surface area contributed by atoms with E-state index in [-0.39, 0.29) is 5.41 Å². The van der Waals surface area contributed by atoms with E-state index in [0.29, 0.717) is 11.8 Å².